The number of nitrogens with zero attached hydrogens (tertiary/aromatic N) is 2. The van der Waals surface area contributed by atoms with E-state index in [0.717, 1.165) is 13.0 Å². The molecule has 0 aromatic rings. The molecule has 2 amide bonds. The average molecular weight is 179 g/mol. The zero-order valence-corrected chi connectivity index (χ0v) is 7.60. The van der Waals surface area contributed by atoms with E-state index in [1.54, 1.807) is 16.1 Å². The third-order valence-corrected chi connectivity index (χ3v) is 2.14. The molecule has 4 heteroatoms. The Balaban J connectivity index is 2.11. The van der Waals surface area contributed by atoms with Crippen molar-refractivity contribution < 1.29 is 4.79 Å². The standard InChI is InChI=1S/C9H13N3O/c1-2-6-12-9(13)11-7-4-3-5-8(11)10-12/h3-5,7-8,10H,2,6H2,1H3. The summed E-state index contributed by atoms with van der Waals surface area (Å²) < 4.78 is 0. The van der Waals surface area contributed by atoms with Crippen molar-refractivity contribution in [2.24, 2.45) is 0 Å². The van der Waals surface area contributed by atoms with E-state index in [4.69, 9.17) is 0 Å². The minimum absolute atomic E-state index is 0.0176. The van der Waals surface area contributed by atoms with E-state index in [2.05, 4.69) is 12.3 Å². The molecular weight excluding hydrogens is 166 g/mol. The summed E-state index contributed by atoms with van der Waals surface area (Å²) in [4.78, 5) is 13.3. The number of carbonyl (C=O) groups excluding carboxylic acids is 1. The predicted octanol–water partition coefficient (Wildman–Crippen LogP) is 1.05. The molecule has 1 saturated heterocycles. The first kappa shape index (κ1) is 8.31. The third-order valence-electron chi connectivity index (χ3n) is 2.14. The highest BCUT2D eigenvalue weighted by molar-refractivity contribution is 5.78. The largest absolute Gasteiger partial charge is 0.340 e. The molecule has 0 saturated carbocycles. The predicted molar refractivity (Wildman–Crippen MR) is 49.4 cm³/mol. The first-order chi connectivity index (χ1) is 6.33. The van der Waals surface area contributed by atoms with Crippen molar-refractivity contribution in [2.45, 2.75) is 19.5 Å². The zero-order valence-electron chi connectivity index (χ0n) is 7.60. The van der Waals surface area contributed by atoms with Crippen LogP contribution in [0.1, 0.15) is 13.3 Å². The van der Waals surface area contributed by atoms with Gasteiger partial charge in [-0.2, -0.15) is 0 Å². The fourth-order valence-corrected chi connectivity index (χ4v) is 1.52. The molecule has 1 unspecified atom stereocenters. The Bertz CT molecular complexity index is 272. The number of nitrogens with one attached hydrogen (secondary N) is 1. The second kappa shape index (κ2) is 3.22. The monoisotopic (exact) mass is 179 g/mol. The van der Waals surface area contributed by atoms with Gasteiger partial charge in [0, 0.05) is 12.7 Å². The van der Waals surface area contributed by atoms with Gasteiger partial charge in [-0.3, -0.25) is 9.91 Å². The number of hydrogen-bond acceptors (Lipinski definition) is 2. The van der Waals surface area contributed by atoms with Crippen molar-refractivity contribution in [3.8, 4) is 0 Å². The van der Waals surface area contributed by atoms with Gasteiger partial charge in [0.05, 0.1) is 0 Å². The van der Waals surface area contributed by atoms with E-state index in [-0.39, 0.29) is 12.2 Å². The van der Waals surface area contributed by atoms with Crippen LogP contribution in [0.5, 0.6) is 0 Å². The highest BCUT2D eigenvalue weighted by Gasteiger charge is 2.33. The normalized spacial score (nSPS) is 25.6. The van der Waals surface area contributed by atoms with E-state index >= 15 is 0 Å². The maximum Gasteiger partial charge on any atom is 0.340 e. The summed E-state index contributed by atoms with van der Waals surface area (Å²) in [5.41, 5.74) is 3.12. The zero-order chi connectivity index (χ0) is 9.26. The Hall–Kier alpha value is -1.29. The molecule has 2 aliphatic heterocycles. The maximum absolute atomic E-state index is 11.6. The SMILES string of the molecule is CCCN1NC2C=CC=CN2C1=O. The molecule has 0 spiro atoms. The molecule has 13 heavy (non-hydrogen) atoms. The Morgan fingerprint density at radius 2 is 2.38 bits per heavy atom. The molecule has 0 aromatic carbocycles. The van der Waals surface area contributed by atoms with Crippen LogP contribution in [0.4, 0.5) is 4.79 Å². The fourth-order valence-electron chi connectivity index (χ4n) is 1.52. The van der Waals surface area contributed by atoms with Crippen LogP contribution < -0.4 is 5.43 Å². The van der Waals surface area contributed by atoms with Crippen molar-refractivity contribution in [2.75, 3.05) is 6.54 Å². The summed E-state index contributed by atoms with van der Waals surface area (Å²) in [6.07, 6.45) is 8.56. The van der Waals surface area contributed by atoms with E-state index < -0.39 is 0 Å². The average Bonchev–Trinajstić information content (AvgIpc) is 2.46. The number of rotatable bonds is 2. The maximum atomic E-state index is 11.6. The van der Waals surface area contributed by atoms with Gasteiger partial charge in [-0.1, -0.05) is 13.0 Å². The van der Waals surface area contributed by atoms with Gasteiger partial charge in [0.1, 0.15) is 6.17 Å². The van der Waals surface area contributed by atoms with E-state index in [0.29, 0.717) is 0 Å². The Labute approximate surface area is 77.5 Å². The quantitative estimate of drug-likeness (QED) is 0.687. The van der Waals surface area contributed by atoms with Crippen LogP contribution in [0.25, 0.3) is 0 Å². The lowest BCUT2D eigenvalue weighted by atomic mass is 10.3. The molecule has 2 rings (SSSR count). The van der Waals surface area contributed by atoms with Gasteiger partial charge in [0.25, 0.3) is 0 Å². The lowest BCUT2D eigenvalue weighted by Crippen LogP contribution is -2.37. The van der Waals surface area contributed by atoms with Gasteiger partial charge in [-0.25, -0.2) is 10.2 Å². The number of urea groups is 1. The van der Waals surface area contributed by atoms with Crippen molar-refractivity contribution in [3.63, 3.8) is 0 Å². The Morgan fingerprint density at radius 1 is 1.54 bits per heavy atom. The minimum atomic E-state index is 0.0176. The minimum Gasteiger partial charge on any atom is -0.279 e. The Kier molecular flexibility index (Phi) is 2.06. The summed E-state index contributed by atoms with van der Waals surface area (Å²) in [6, 6.07) is 0.0347. The lowest BCUT2D eigenvalue weighted by molar-refractivity contribution is 0.192. The molecule has 1 atom stereocenters. The summed E-state index contributed by atoms with van der Waals surface area (Å²) in [7, 11) is 0. The third kappa shape index (κ3) is 1.33. The molecule has 2 aliphatic rings. The molecule has 70 valence electrons. The highest BCUT2D eigenvalue weighted by atomic mass is 16.2. The number of fused-ring (bicyclic) bond motifs is 1. The molecule has 4 nitrogen and oxygen atoms in total. The number of allylic oxidation sites excluding steroid dienone is 2. The highest BCUT2D eigenvalue weighted by Crippen LogP contribution is 2.15. The first-order valence-corrected chi connectivity index (χ1v) is 4.54. The summed E-state index contributed by atoms with van der Waals surface area (Å²) in [5, 5.41) is 1.66. The van der Waals surface area contributed by atoms with E-state index in [1.165, 1.54) is 0 Å². The molecule has 0 aliphatic carbocycles. The molecular formula is C9H13N3O. The van der Waals surface area contributed by atoms with Crippen LogP contribution in [0.15, 0.2) is 24.4 Å². The van der Waals surface area contributed by atoms with Crippen LogP contribution in [0.2, 0.25) is 0 Å². The molecule has 0 aromatic heterocycles. The smallest absolute Gasteiger partial charge is 0.279 e. The van der Waals surface area contributed by atoms with E-state index in [9.17, 15) is 4.79 Å². The number of carbonyl (C=O) groups is 1. The van der Waals surface area contributed by atoms with Gasteiger partial charge in [-0.15, -0.1) is 0 Å². The van der Waals surface area contributed by atoms with Crippen LogP contribution in [0.3, 0.4) is 0 Å². The number of hydrazine groups is 1. The second-order valence-corrected chi connectivity index (χ2v) is 3.14. The Morgan fingerprint density at radius 3 is 3.08 bits per heavy atom. The van der Waals surface area contributed by atoms with Crippen LogP contribution in [-0.4, -0.2) is 28.7 Å². The molecule has 1 fully saturated rings. The van der Waals surface area contributed by atoms with Crippen LogP contribution in [-0.2, 0) is 0 Å². The van der Waals surface area contributed by atoms with Crippen LogP contribution >= 0.6 is 0 Å². The van der Waals surface area contributed by atoms with Gasteiger partial charge in [-0.05, 0) is 18.6 Å². The molecule has 2 heterocycles. The lowest BCUT2D eigenvalue weighted by Gasteiger charge is -2.16. The summed E-state index contributed by atoms with van der Waals surface area (Å²) in [5.74, 6) is 0. The van der Waals surface area contributed by atoms with E-state index in [1.807, 2.05) is 18.2 Å². The van der Waals surface area contributed by atoms with Gasteiger partial charge in [0.2, 0.25) is 0 Å². The van der Waals surface area contributed by atoms with Gasteiger partial charge in [0.15, 0.2) is 0 Å². The fraction of sp³-hybridized carbons (Fsp3) is 0.444. The van der Waals surface area contributed by atoms with Gasteiger partial charge >= 0.3 is 6.03 Å². The van der Waals surface area contributed by atoms with Crippen molar-refractivity contribution in [1.82, 2.24) is 15.3 Å². The second-order valence-electron chi connectivity index (χ2n) is 3.14. The van der Waals surface area contributed by atoms with Crippen molar-refractivity contribution >= 4 is 6.03 Å². The number of hydrogen-bond donors (Lipinski definition) is 1. The first-order valence-electron chi connectivity index (χ1n) is 4.54. The number of amides is 2. The topological polar surface area (TPSA) is 35.6 Å². The summed E-state index contributed by atoms with van der Waals surface area (Å²) >= 11 is 0. The molecule has 1 N–H and O–H groups in total. The van der Waals surface area contributed by atoms with Gasteiger partial charge < -0.3 is 0 Å². The van der Waals surface area contributed by atoms with Crippen molar-refractivity contribution in [3.05, 3.63) is 24.4 Å². The molecule has 0 bridgehead atoms. The molecule has 0 radical (unpaired) electrons. The van der Waals surface area contributed by atoms with Crippen LogP contribution in [0, 0.1) is 0 Å². The van der Waals surface area contributed by atoms with Crippen molar-refractivity contribution in [1.29, 1.82) is 0 Å². The summed E-state index contributed by atoms with van der Waals surface area (Å²) in [6.45, 7) is 2.81.